The molecule has 1 aromatic heterocycles. The second-order valence-electron chi connectivity index (χ2n) is 8.89. The molecule has 0 saturated carbocycles. The number of para-hydroxylation sites is 1. The van der Waals surface area contributed by atoms with Crippen LogP contribution in [0.15, 0.2) is 30.5 Å². The number of aliphatic hydroxyl groups is 1. The maximum Gasteiger partial charge on any atom is 0.328 e. The summed E-state index contributed by atoms with van der Waals surface area (Å²) in [4.78, 5) is 75.2. The number of nitrogens with two attached hydrogens (primary N) is 1. The van der Waals surface area contributed by atoms with E-state index in [4.69, 9.17) is 10.8 Å². The van der Waals surface area contributed by atoms with E-state index < -0.39 is 78.7 Å². The van der Waals surface area contributed by atoms with Gasteiger partial charge >= 0.3 is 17.9 Å². The molecule has 15 heteroatoms. The molecule has 1 heterocycles. The van der Waals surface area contributed by atoms with E-state index in [0.29, 0.717) is 5.56 Å². The van der Waals surface area contributed by atoms with Crippen molar-refractivity contribution in [1.29, 1.82) is 0 Å². The summed E-state index contributed by atoms with van der Waals surface area (Å²) < 4.78 is 0. The van der Waals surface area contributed by atoms with E-state index in [-0.39, 0.29) is 12.8 Å². The number of nitrogens with one attached hydrogen (secondary N) is 4. The lowest BCUT2D eigenvalue weighted by Crippen LogP contribution is -2.59. The number of aromatic nitrogens is 1. The first kappa shape index (κ1) is 30.7. The first-order chi connectivity index (χ1) is 18.3. The van der Waals surface area contributed by atoms with Gasteiger partial charge in [0.25, 0.3) is 0 Å². The Kier molecular flexibility index (Phi) is 10.9. The molecule has 212 valence electrons. The first-order valence-corrected chi connectivity index (χ1v) is 11.9. The monoisotopic (exact) mass is 549 g/mol. The molecule has 0 bridgehead atoms. The third kappa shape index (κ3) is 9.08. The van der Waals surface area contributed by atoms with E-state index in [1.165, 1.54) is 0 Å². The molecule has 39 heavy (non-hydrogen) atoms. The van der Waals surface area contributed by atoms with E-state index in [1.54, 1.807) is 30.5 Å². The summed E-state index contributed by atoms with van der Waals surface area (Å²) in [6, 6.07) is 0.871. The summed E-state index contributed by atoms with van der Waals surface area (Å²) in [6.45, 7) is 1.10. The molecule has 2 rings (SSSR count). The molecule has 2 aromatic rings. The number of hydrogen-bond donors (Lipinski definition) is 9. The Hall–Kier alpha value is -4.50. The normalized spacial score (nSPS) is 14.8. The Labute approximate surface area is 221 Å². The van der Waals surface area contributed by atoms with Crippen LogP contribution in [-0.2, 0) is 35.2 Å². The summed E-state index contributed by atoms with van der Waals surface area (Å²) in [5, 5.41) is 44.3. The molecule has 15 nitrogen and oxygen atoms in total. The number of aliphatic hydroxyl groups excluding tert-OH is 1. The van der Waals surface area contributed by atoms with Crippen molar-refractivity contribution in [3.63, 3.8) is 0 Å². The van der Waals surface area contributed by atoms with Gasteiger partial charge in [0.15, 0.2) is 6.04 Å². The molecule has 0 aliphatic rings. The van der Waals surface area contributed by atoms with Crippen molar-refractivity contribution in [3.8, 4) is 0 Å². The number of carboxylic acids is 3. The van der Waals surface area contributed by atoms with Crippen molar-refractivity contribution in [2.75, 3.05) is 0 Å². The van der Waals surface area contributed by atoms with Crippen molar-refractivity contribution in [3.05, 3.63) is 36.0 Å². The van der Waals surface area contributed by atoms with Crippen LogP contribution in [0, 0.1) is 0 Å². The lowest BCUT2D eigenvalue weighted by Gasteiger charge is -2.25. The van der Waals surface area contributed by atoms with Crippen molar-refractivity contribution in [1.82, 2.24) is 20.9 Å². The van der Waals surface area contributed by atoms with Crippen molar-refractivity contribution in [2.24, 2.45) is 5.73 Å². The van der Waals surface area contributed by atoms with Crippen LogP contribution in [0.25, 0.3) is 10.9 Å². The smallest absolute Gasteiger partial charge is 0.328 e. The lowest BCUT2D eigenvalue weighted by atomic mass is 10.0. The summed E-state index contributed by atoms with van der Waals surface area (Å²) in [7, 11) is 0. The Morgan fingerprint density at radius 3 is 2.10 bits per heavy atom. The van der Waals surface area contributed by atoms with Gasteiger partial charge in [-0.2, -0.15) is 0 Å². The predicted molar refractivity (Wildman–Crippen MR) is 134 cm³/mol. The molecule has 0 spiro atoms. The highest BCUT2D eigenvalue weighted by Crippen LogP contribution is 2.19. The Morgan fingerprint density at radius 1 is 0.897 bits per heavy atom. The number of carbonyl (C=O) groups is 6. The van der Waals surface area contributed by atoms with Gasteiger partial charge in [0.2, 0.25) is 17.7 Å². The Balaban J connectivity index is 2.31. The van der Waals surface area contributed by atoms with E-state index in [2.05, 4.69) is 15.6 Å². The van der Waals surface area contributed by atoms with Crippen LogP contribution in [0.4, 0.5) is 0 Å². The highest BCUT2D eigenvalue weighted by Gasteiger charge is 2.33. The standard InChI is InChI=1S/C24H31N5O10/c1-11(30)20(24(38)39)29-23(37)17(9-19(33)34)28-22(36)16(27-21(35)14(25)6-7-18(31)32)8-12-10-26-15-5-3-2-4-13(12)15/h2-5,10-11,14,16-17,20,26,30H,6-9,25H2,1H3,(H,27,35)(H,28,36)(H,29,37)(H,31,32)(H,33,34)(H,38,39). The number of rotatable bonds is 15. The number of fused-ring (bicyclic) bond motifs is 1. The number of H-pyrrole nitrogens is 1. The quantitative estimate of drug-likeness (QED) is 0.121. The summed E-state index contributed by atoms with van der Waals surface area (Å²) in [5.41, 5.74) is 7.09. The largest absolute Gasteiger partial charge is 0.481 e. The number of amides is 3. The fourth-order valence-corrected chi connectivity index (χ4v) is 3.72. The predicted octanol–water partition coefficient (Wildman–Crippen LogP) is -1.70. The molecule has 0 fully saturated rings. The zero-order chi connectivity index (χ0) is 29.3. The molecular weight excluding hydrogens is 518 g/mol. The van der Waals surface area contributed by atoms with Gasteiger partial charge in [0.1, 0.15) is 12.1 Å². The third-order valence-electron chi connectivity index (χ3n) is 5.80. The molecule has 0 aliphatic carbocycles. The minimum atomic E-state index is -1.78. The zero-order valence-corrected chi connectivity index (χ0v) is 20.9. The summed E-state index contributed by atoms with van der Waals surface area (Å²) in [5.74, 6) is -7.27. The van der Waals surface area contributed by atoms with E-state index in [9.17, 15) is 44.1 Å². The average Bonchev–Trinajstić information content (AvgIpc) is 3.26. The number of aliphatic carboxylic acids is 3. The fraction of sp³-hybridized carbons (Fsp3) is 0.417. The van der Waals surface area contributed by atoms with Gasteiger partial charge < -0.3 is 47.1 Å². The third-order valence-corrected chi connectivity index (χ3v) is 5.80. The fourth-order valence-electron chi connectivity index (χ4n) is 3.72. The van der Waals surface area contributed by atoms with E-state index >= 15 is 0 Å². The highest BCUT2D eigenvalue weighted by atomic mass is 16.4. The molecule has 5 atom stereocenters. The maximum absolute atomic E-state index is 13.3. The maximum atomic E-state index is 13.3. The molecule has 3 amide bonds. The molecular formula is C24H31N5O10. The lowest BCUT2D eigenvalue weighted by molar-refractivity contribution is -0.146. The van der Waals surface area contributed by atoms with Crippen LogP contribution < -0.4 is 21.7 Å². The topological polar surface area (TPSA) is 261 Å². The zero-order valence-electron chi connectivity index (χ0n) is 20.9. The Bertz CT molecular complexity index is 1230. The van der Waals surface area contributed by atoms with Gasteiger partial charge in [-0.25, -0.2) is 4.79 Å². The molecule has 10 N–H and O–H groups in total. The minimum absolute atomic E-state index is 0.125. The SMILES string of the molecule is CC(O)C(NC(=O)C(CC(=O)O)NC(=O)C(Cc1c[nH]c2ccccc12)NC(=O)C(N)CCC(=O)O)C(=O)O. The van der Waals surface area contributed by atoms with Crippen molar-refractivity contribution >= 4 is 46.5 Å². The average molecular weight is 550 g/mol. The van der Waals surface area contributed by atoms with E-state index in [1.807, 2.05) is 5.32 Å². The molecule has 0 radical (unpaired) electrons. The number of carbonyl (C=O) groups excluding carboxylic acids is 3. The summed E-state index contributed by atoms with van der Waals surface area (Å²) >= 11 is 0. The first-order valence-electron chi connectivity index (χ1n) is 11.9. The van der Waals surface area contributed by atoms with Crippen LogP contribution in [0.3, 0.4) is 0 Å². The number of carboxylic acid groups (broad SMARTS) is 3. The number of benzene rings is 1. The molecule has 0 saturated heterocycles. The van der Waals surface area contributed by atoms with Crippen LogP contribution in [-0.4, -0.2) is 91.3 Å². The van der Waals surface area contributed by atoms with Crippen LogP contribution in [0.1, 0.15) is 31.7 Å². The molecule has 1 aromatic carbocycles. The van der Waals surface area contributed by atoms with Gasteiger partial charge in [-0.3, -0.25) is 24.0 Å². The van der Waals surface area contributed by atoms with Crippen molar-refractivity contribution < 1.29 is 49.2 Å². The molecule has 5 unspecified atom stereocenters. The second-order valence-corrected chi connectivity index (χ2v) is 8.89. The van der Waals surface area contributed by atoms with E-state index in [0.717, 1.165) is 17.8 Å². The highest BCUT2D eigenvalue weighted by molar-refractivity contribution is 5.96. The second kappa shape index (κ2) is 13.9. The van der Waals surface area contributed by atoms with Gasteiger partial charge in [0, 0.05) is 29.9 Å². The van der Waals surface area contributed by atoms with Gasteiger partial charge in [-0.15, -0.1) is 0 Å². The Morgan fingerprint density at radius 2 is 1.51 bits per heavy atom. The number of hydrogen-bond acceptors (Lipinski definition) is 8. The van der Waals surface area contributed by atoms with Gasteiger partial charge in [-0.1, -0.05) is 18.2 Å². The molecule has 0 aliphatic heterocycles. The minimum Gasteiger partial charge on any atom is -0.481 e. The van der Waals surface area contributed by atoms with Crippen LogP contribution in [0.2, 0.25) is 0 Å². The van der Waals surface area contributed by atoms with Crippen molar-refractivity contribution in [2.45, 2.75) is 62.9 Å². The van der Waals surface area contributed by atoms with Gasteiger partial charge in [-0.05, 0) is 25.0 Å². The van der Waals surface area contributed by atoms with Crippen LogP contribution >= 0.6 is 0 Å². The number of aromatic amines is 1. The van der Waals surface area contributed by atoms with Gasteiger partial charge in [0.05, 0.1) is 18.6 Å². The van der Waals surface area contributed by atoms with Crippen LogP contribution in [0.5, 0.6) is 0 Å². The summed E-state index contributed by atoms with van der Waals surface area (Å²) in [6.07, 6.45) is -1.61.